The Hall–Kier alpha value is -1.55. The molecule has 0 spiro atoms. The van der Waals surface area contributed by atoms with Gasteiger partial charge >= 0.3 is 5.97 Å². The fourth-order valence-electron chi connectivity index (χ4n) is 1.46. The molecule has 94 valence electrons. The van der Waals surface area contributed by atoms with Gasteiger partial charge in [0.05, 0.1) is 0 Å². The standard InChI is InChI=1S/C13H19NO3/c1-9-5-6-11(15)10(7-9)8-14(4)13(2,3)12(16)17/h5-7,15H,8H2,1-4H3,(H,16,17). The lowest BCUT2D eigenvalue weighted by atomic mass is 10.0. The Morgan fingerprint density at radius 2 is 2.00 bits per heavy atom. The van der Waals surface area contributed by atoms with Crippen molar-refractivity contribution >= 4 is 5.97 Å². The van der Waals surface area contributed by atoms with Crippen molar-refractivity contribution in [1.82, 2.24) is 4.90 Å². The summed E-state index contributed by atoms with van der Waals surface area (Å²) in [6.07, 6.45) is 0. The number of carbonyl (C=O) groups is 1. The molecule has 0 aliphatic carbocycles. The van der Waals surface area contributed by atoms with Gasteiger partial charge < -0.3 is 10.2 Å². The number of hydrogen-bond acceptors (Lipinski definition) is 3. The molecule has 0 aliphatic rings. The van der Waals surface area contributed by atoms with E-state index >= 15 is 0 Å². The first kappa shape index (κ1) is 13.5. The smallest absolute Gasteiger partial charge is 0.323 e. The van der Waals surface area contributed by atoms with Crippen LogP contribution in [0.2, 0.25) is 0 Å². The molecule has 0 aromatic heterocycles. The Labute approximate surface area is 101 Å². The van der Waals surface area contributed by atoms with Crippen molar-refractivity contribution < 1.29 is 15.0 Å². The third kappa shape index (κ3) is 2.97. The molecule has 17 heavy (non-hydrogen) atoms. The Morgan fingerprint density at radius 1 is 1.41 bits per heavy atom. The van der Waals surface area contributed by atoms with Crippen LogP contribution in [-0.2, 0) is 11.3 Å². The highest BCUT2D eigenvalue weighted by molar-refractivity contribution is 5.77. The van der Waals surface area contributed by atoms with Gasteiger partial charge in [-0.3, -0.25) is 9.69 Å². The van der Waals surface area contributed by atoms with Crippen LogP contribution in [-0.4, -0.2) is 33.7 Å². The van der Waals surface area contributed by atoms with E-state index in [2.05, 4.69) is 0 Å². The Bertz CT molecular complexity index is 427. The van der Waals surface area contributed by atoms with Crippen LogP contribution in [0.15, 0.2) is 18.2 Å². The maximum Gasteiger partial charge on any atom is 0.323 e. The molecule has 0 atom stereocenters. The van der Waals surface area contributed by atoms with E-state index in [0.29, 0.717) is 6.54 Å². The lowest BCUT2D eigenvalue weighted by molar-refractivity contribution is -0.148. The molecule has 4 heteroatoms. The molecule has 4 nitrogen and oxygen atoms in total. The topological polar surface area (TPSA) is 60.8 Å². The van der Waals surface area contributed by atoms with E-state index in [1.165, 1.54) is 0 Å². The van der Waals surface area contributed by atoms with Crippen molar-refractivity contribution in [3.8, 4) is 5.75 Å². The average Bonchev–Trinajstić information content (AvgIpc) is 2.23. The SMILES string of the molecule is Cc1ccc(O)c(CN(C)C(C)(C)C(=O)O)c1. The Morgan fingerprint density at radius 3 is 2.53 bits per heavy atom. The molecule has 0 fully saturated rings. The largest absolute Gasteiger partial charge is 0.508 e. The Balaban J connectivity index is 2.91. The van der Waals surface area contributed by atoms with Gasteiger partial charge in [0.25, 0.3) is 0 Å². The molecule has 0 amide bonds. The number of nitrogens with zero attached hydrogens (tertiary/aromatic N) is 1. The molecule has 0 aliphatic heterocycles. The maximum absolute atomic E-state index is 11.1. The molecule has 0 heterocycles. The molecule has 0 unspecified atom stereocenters. The average molecular weight is 237 g/mol. The summed E-state index contributed by atoms with van der Waals surface area (Å²) in [5.74, 6) is -0.684. The van der Waals surface area contributed by atoms with Crippen LogP contribution in [0.25, 0.3) is 0 Å². The number of aromatic hydroxyl groups is 1. The molecular formula is C13H19NO3. The van der Waals surface area contributed by atoms with Crippen molar-refractivity contribution in [3.63, 3.8) is 0 Å². The van der Waals surface area contributed by atoms with E-state index < -0.39 is 11.5 Å². The number of likely N-dealkylation sites (N-methyl/N-ethyl adjacent to an activating group) is 1. The monoisotopic (exact) mass is 237 g/mol. The number of carboxylic acids is 1. The van der Waals surface area contributed by atoms with Gasteiger partial charge in [-0.05, 0) is 33.9 Å². The molecule has 0 bridgehead atoms. The van der Waals surface area contributed by atoms with Gasteiger partial charge in [-0.15, -0.1) is 0 Å². The van der Waals surface area contributed by atoms with Crippen LogP contribution in [0.4, 0.5) is 0 Å². The minimum absolute atomic E-state index is 0.198. The van der Waals surface area contributed by atoms with Crippen LogP contribution in [0.5, 0.6) is 5.75 Å². The number of phenols is 1. The first-order valence-electron chi connectivity index (χ1n) is 5.48. The molecule has 1 rings (SSSR count). The zero-order valence-corrected chi connectivity index (χ0v) is 10.7. The van der Waals surface area contributed by atoms with Gasteiger partial charge in [0, 0.05) is 12.1 Å². The minimum atomic E-state index is -0.962. The number of aryl methyl sites for hydroxylation is 1. The summed E-state index contributed by atoms with van der Waals surface area (Å²) >= 11 is 0. The highest BCUT2D eigenvalue weighted by Crippen LogP contribution is 2.23. The summed E-state index contributed by atoms with van der Waals surface area (Å²) in [7, 11) is 1.73. The van der Waals surface area contributed by atoms with Crippen molar-refractivity contribution in [1.29, 1.82) is 0 Å². The molecule has 0 saturated heterocycles. The Kier molecular flexibility index (Phi) is 3.78. The van der Waals surface area contributed by atoms with Crippen LogP contribution in [0.3, 0.4) is 0 Å². The van der Waals surface area contributed by atoms with Crippen LogP contribution >= 0.6 is 0 Å². The fourth-order valence-corrected chi connectivity index (χ4v) is 1.46. The highest BCUT2D eigenvalue weighted by Gasteiger charge is 2.32. The van der Waals surface area contributed by atoms with E-state index in [1.54, 1.807) is 31.9 Å². The molecule has 1 aromatic rings. The second-order valence-corrected chi connectivity index (χ2v) is 4.85. The summed E-state index contributed by atoms with van der Waals surface area (Å²) in [6, 6.07) is 5.32. The van der Waals surface area contributed by atoms with Gasteiger partial charge in [0.1, 0.15) is 11.3 Å². The molecule has 0 radical (unpaired) electrons. The predicted molar refractivity (Wildman–Crippen MR) is 66.0 cm³/mol. The van der Waals surface area contributed by atoms with E-state index in [1.807, 2.05) is 19.1 Å². The fraction of sp³-hybridized carbons (Fsp3) is 0.462. The molecule has 0 saturated carbocycles. The summed E-state index contributed by atoms with van der Waals surface area (Å²) < 4.78 is 0. The van der Waals surface area contributed by atoms with Gasteiger partial charge in [-0.2, -0.15) is 0 Å². The number of hydrogen-bond donors (Lipinski definition) is 2. The number of benzene rings is 1. The number of carboxylic acid groups (broad SMARTS) is 1. The van der Waals surface area contributed by atoms with E-state index in [9.17, 15) is 9.90 Å². The minimum Gasteiger partial charge on any atom is -0.508 e. The van der Waals surface area contributed by atoms with Crippen molar-refractivity contribution in [2.24, 2.45) is 0 Å². The molecular weight excluding hydrogens is 218 g/mol. The first-order valence-corrected chi connectivity index (χ1v) is 5.48. The zero-order chi connectivity index (χ0) is 13.2. The first-order chi connectivity index (χ1) is 7.75. The predicted octanol–water partition coefficient (Wildman–Crippen LogP) is 2.00. The molecule has 1 aromatic carbocycles. The second-order valence-electron chi connectivity index (χ2n) is 4.85. The highest BCUT2D eigenvalue weighted by atomic mass is 16.4. The lowest BCUT2D eigenvalue weighted by Crippen LogP contribution is -2.47. The van der Waals surface area contributed by atoms with Gasteiger partial charge in [-0.1, -0.05) is 17.7 Å². The lowest BCUT2D eigenvalue weighted by Gasteiger charge is -2.31. The van der Waals surface area contributed by atoms with E-state index in [0.717, 1.165) is 11.1 Å². The summed E-state index contributed by atoms with van der Waals surface area (Å²) in [5.41, 5.74) is 0.817. The number of rotatable bonds is 4. The van der Waals surface area contributed by atoms with Crippen molar-refractivity contribution in [2.75, 3.05) is 7.05 Å². The summed E-state index contributed by atoms with van der Waals surface area (Å²) in [4.78, 5) is 12.8. The van der Waals surface area contributed by atoms with Crippen LogP contribution in [0, 0.1) is 6.92 Å². The van der Waals surface area contributed by atoms with E-state index in [4.69, 9.17) is 5.11 Å². The van der Waals surface area contributed by atoms with Crippen molar-refractivity contribution in [3.05, 3.63) is 29.3 Å². The number of aliphatic carboxylic acids is 1. The van der Waals surface area contributed by atoms with Crippen LogP contribution in [0.1, 0.15) is 25.0 Å². The van der Waals surface area contributed by atoms with Crippen LogP contribution < -0.4 is 0 Å². The second kappa shape index (κ2) is 4.75. The zero-order valence-electron chi connectivity index (χ0n) is 10.7. The quantitative estimate of drug-likeness (QED) is 0.840. The van der Waals surface area contributed by atoms with Gasteiger partial charge in [0.15, 0.2) is 0 Å². The van der Waals surface area contributed by atoms with Crippen molar-refractivity contribution in [2.45, 2.75) is 32.9 Å². The summed E-state index contributed by atoms with van der Waals surface area (Å²) in [6.45, 7) is 5.61. The normalized spacial score (nSPS) is 11.8. The third-order valence-corrected chi connectivity index (χ3v) is 3.12. The van der Waals surface area contributed by atoms with Gasteiger partial charge in [-0.25, -0.2) is 0 Å². The summed E-state index contributed by atoms with van der Waals surface area (Å²) in [5, 5.41) is 18.8. The molecule has 2 N–H and O–H groups in total. The van der Waals surface area contributed by atoms with Gasteiger partial charge in [0.2, 0.25) is 0 Å². The van der Waals surface area contributed by atoms with E-state index in [-0.39, 0.29) is 5.75 Å². The third-order valence-electron chi connectivity index (χ3n) is 3.12. The number of phenolic OH excluding ortho intramolecular Hbond substituents is 1. The maximum atomic E-state index is 11.1.